The van der Waals surface area contributed by atoms with E-state index in [1.807, 2.05) is 12.1 Å². The van der Waals surface area contributed by atoms with Crippen LogP contribution in [0.4, 0.5) is 4.79 Å². The van der Waals surface area contributed by atoms with Crippen molar-refractivity contribution in [3.05, 3.63) is 24.2 Å². The third-order valence-electron chi connectivity index (χ3n) is 6.40. The summed E-state index contributed by atoms with van der Waals surface area (Å²) >= 11 is 0. The molecule has 4 amide bonds. The lowest BCUT2D eigenvalue weighted by molar-refractivity contribution is -0.137. The Labute approximate surface area is 172 Å². The number of carbonyl (C=O) groups excluding carboxylic acids is 3. The van der Waals surface area contributed by atoms with Gasteiger partial charge in [-0.15, -0.1) is 0 Å². The predicted molar refractivity (Wildman–Crippen MR) is 108 cm³/mol. The van der Waals surface area contributed by atoms with Crippen LogP contribution >= 0.6 is 0 Å². The number of furan rings is 1. The molecule has 1 aliphatic heterocycles. The summed E-state index contributed by atoms with van der Waals surface area (Å²) in [6.45, 7) is 5.85. The molecule has 1 N–H and O–H groups in total. The quantitative estimate of drug-likeness (QED) is 0.673. The summed E-state index contributed by atoms with van der Waals surface area (Å²) in [6.07, 6.45) is 5.91. The fourth-order valence-corrected chi connectivity index (χ4v) is 4.64. The number of amides is 4. The fourth-order valence-electron chi connectivity index (χ4n) is 4.64. The molecule has 0 aromatic carbocycles. The molecule has 160 valence electrons. The average Bonchev–Trinajstić information content (AvgIpc) is 3.32. The summed E-state index contributed by atoms with van der Waals surface area (Å²) in [4.78, 5) is 43.2. The van der Waals surface area contributed by atoms with E-state index < -0.39 is 5.54 Å². The molecule has 2 heterocycles. The zero-order valence-corrected chi connectivity index (χ0v) is 17.6. The molecule has 8 nitrogen and oxygen atoms in total. The van der Waals surface area contributed by atoms with Gasteiger partial charge in [-0.3, -0.25) is 19.4 Å². The van der Waals surface area contributed by atoms with Crippen molar-refractivity contribution in [2.24, 2.45) is 0 Å². The SMILES string of the molecule is CCN(CC)C(CNC(=O)CN1C(=O)N(C)C2(CCCCC2)C1=O)c1ccco1. The van der Waals surface area contributed by atoms with Crippen LogP contribution in [0.15, 0.2) is 22.8 Å². The summed E-state index contributed by atoms with van der Waals surface area (Å²) in [6, 6.07) is 3.25. The van der Waals surface area contributed by atoms with Gasteiger partial charge in [-0.05, 0) is 38.1 Å². The van der Waals surface area contributed by atoms with Gasteiger partial charge in [0.1, 0.15) is 17.8 Å². The van der Waals surface area contributed by atoms with Crippen LogP contribution in [0, 0.1) is 0 Å². The summed E-state index contributed by atoms with van der Waals surface area (Å²) in [7, 11) is 1.68. The number of likely N-dealkylation sites (N-methyl/N-ethyl adjacent to an activating group) is 2. The van der Waals surface area contributed by atoms with Gasteiger partial charge in [0.15, 0.2) is 0 Å². The van der Waals surface area contributed by atoms with Crippen LogP contribution in [0.1, 0.15) is 57.8 Å². The Morgan fingerprint density at radius 2 is 1.93 bits per heavy atom. The van der Waals surface area contributed by atoms with E-state index in [4.69, 9.17) is 4.42 Å². The summed E-state index contributed by atoms with van der Waals surface area (Å²) in [5.74, 6) is 0.214. The van der Waals surface area contributed by atoms with Gasteiger partial charge in [0.25, 0.3) is 5.91 Å². The van der Waals surface area contributed by atoms with Gasteiger partial charge in [-0.2, -0.15) is 0 Å². The number of rotatable bonds is 8. The van der Waals surface area contributed by atoms with Gasteiger partial charge in [0.2, 0.25) is 5.91 Å². The van der Waals surface area contributed by atoms with Crippen molar-refractivity contribution >= 4 is 17.8 Å². The van der Waals surface area contributed by atoms with E-state index in [1.54, 1.807) is 18.2 Å². The molecule has 1 spiro atoms. The molecule has 8 heteroatoms. The first kappa shape index (κ1) is 21.4. The summed E-state index contributed by atoms with van der Waals surface area (Å²) in [5.41, 5.74) is -0.756. The number of hydrogen-bond acceptors (Lipinski definition) is 5. The van der Waals surface area contributed by atoms with Crippen molar-refractivity contribution in [2.45, 2.75) is 57.5 Å². The highest BCUT2D eigenvalue weighted by molar-refractivity contribution is 6.08. The van der Waals surface area contributed by atoms with Crippen LogP contribution in [0.3, 0.4) is 0 Å². The summed E-state index contributed by atoms with van der Waals surface area (Å²) < 4.78 is 5.55. The highest BCUT2D eigenvalue weighted by Gasteiger charge is 2.55. The number of imide groups is 1. The van der Waals surface area contributed by atoms with Crippen molar-refractivity contribution in [1.29, 1.82) is 0 Å². The molecular weight excluding hydrogens is 372 g/mol. The second-order valence-electron chi connectivity index (χ2n) is 7.88. The lowest BCUT2D eigenvalue weighted by Crippen LogP contribution is -2.49. The van der Waals surface area contributed by atoms with E-state index in [2.05, 4.69) is 24.1 Å². The maximum absolute atomic E-state index is 13.0. The molecule has 2 fully saturated rings. The minimum absolute atomic E-state index is 0.0960. The van der Waals surface area contributed by atoms with Gasteiger partial charge >= 0.3 is 6.03 Å². The number of nitrogens with one attached hydrogen (secondary N) is 1. The molecule has 1 unspecified atom stereocenters. The maximum Gasteiger partial charge on any atom is 0.327 e. The topological polar surface area (TPSA) is 86.1 Å². The second kappa shape index (κ2) is 8.98. The zero-order valence-electron chi connectivity index (χ0n) is 17.6. The predicted octanol–water partition coefficient (Wildman–Crippen LogP) is 2.38. The minimum atomic E-state index is -0.756. The monoisotopic (exact) mass is 404 g/mol. The standard InChI is InChI=1S/C21H32N4O4/c1-4-24(5-2)16(17-10-9-13-29-17)14-22-18(26)15-25-19(27)21(23(3)20(25)28)11-7-6-8-12-21/h9-10,13,16H,4-8,11-12,14-15H2,1-3H3,(H,22,26). The fraction of sp³-hybridized carbons (Fsp3) is 0.667. The Balaban J connectivity index is 1.64. The second-order valence-corrected chi connectivity index (χ2v) is 7.88. The molecule has 1 saturated carbocycles. The molecule has 29 heavy (non-hydrogen) atoms. The van der Waals surface area contributed by atoms with Crippen LogP contribution in [-0.4, -0.2) is 71.3 Å². The highest BCUT2D eigenvalue weighted by Crippen LogP contribution is 2.39. The molecule has 0 radical (unpaired) electrons. The van der Waals surface area contributed by atoms with Crippen LogP contribution in [-0.2, 0) is 9.59 Å². The van der Waals surface area contributed by atoms with Crippen molar-refractivity contribution < 1.29 is 18.8 Å². The number of carbonyl (C=O) groups is 3. The normalized spacial score (nSPS) is 20.0. The lowest BCUT2D eigenvalue weighted by Gasteiger charge is -2.35. The zero-order chi connectivity index (χ0) is 21.0. The largest absolute Gasteiger partial charge is 0.468 e. The molecule has 1 aromatic rings. The van der Waals surface area contributed by atoms with Gasteiger partial charge in [-0.25, -0.2) is 4.79 Å². The van der Waals surface area contributed by atoms with Crippen LogP contribution in [0.5, 0.6) is 0 Å². The number of nitrogens with zero attached hydrogens (tertiary/aromatic N) is 3. The Morgan fingerprint density at radius 3 is 2.52 bits per heavy atom. The lowest BCUT2D eigenvalue weighted by atomic mass is 9.81. The van der Waals surface area contributed by atoms with Gasteiger partial charge < -0.3 is 14.6 Å². The Kier molecular flexibility index (Phi) is 6.62. The molecular formula is C21H32N4O4. The van der Waals surface area contributed by atoms with Crippen molar-refractivity contribution in [1.82, 2.24) is 20.0 Å². The van der Waals surface area contributed by atoms with Gasteiger partial charge in [0, 0.05) is 13.6 Å². The third kappa shape index (κ3) is 4.03. The number of hydrogen-bond donors (Lipinski definition) is 1. The Morgan fingerprint density at radius 1 is 1.24 bits per heavy atom. The third-order valence-corrected chi connectivity index (χ3v) is 6.40. The highest BCUT2D eigenvalue weighted by atomic mass is 16.3. The van der Waals surface area contributed by atoms with E-state index >= 15 is 0 Å². The first-order valence-corrected chi connectivity index (χ1v) is 10.6. The molecule has 1 atom stereocenters. The van der Waals surface area contributed by atoms with Crippen LogP contribution in [0.2, 0.25) is 0 Å². The van der Waals surface area contributed by atoms with Gasteiger partial charge in [0.05, 0.1) is 12.3 Å². The van der Waals surface area contributed by atoms with E-state index in [0.717, 1.165) is 43.0 Å². The van der Waals surface area contributed by atoms with E-state index in [9.17, 15) is 14.4 Å². The van der Waals surface area contributed by atoms with Crippen LogP contribution in [0.25, 0.3) is 0 Å². The van der Waals surface area contributed by atoms with E-state index in [0.29, 0.717) is 19.4 Å². The van der Waals surface area contributed by atoms with Crippen molar-refractivity contribution in [3.8, 4) is 0 Å². The maximum atomic E-state index is 13.0. The Hall–Kier alpha value is -2.35. The number of urea groups is 1. The minimum Gasteiger partial charge on any atom is -0.468 e. The molecule has 1 saturated heterocycles. The first-order chi connectivity index (χ1) is 13.9. The first-order valence-electron chi connectivity index (χ1n) is 10.6. The molecule has 3 rings (SSSR count). The summed E-state index contributed by atoms with van der Waals surface area (Å²) in [5, 5.41) is 2.89. The molecule has 1 aliphatic carbocycles. The smallest absolute Gasteiger partial charge is 0.327 e. The van der Waals surface area contributed by atoms with E-state index in [-0.39, 0.29) is 30.4 Å². The molecule has 1 aromatic heterocycles. The van der Waals surface area contributed by atoms with Gasteiger partial charge in [-0.1, -0.05) is 33.1 Å². The average molecular weight is 405 g/mol. The van der Waals surface area contributed by atoms with Crippen molar-refractivity contribution in [2.75, 3.05) is 33.2 Å². The van der Waals surface area contributed by atoms with Crippen molar-refractivity contribution in [3.63, 3.8) is 0 Å². The molecule has 0 bridgehead atoms. The van der Waals surface area contributed by atoms with E-state index in [1.165, 1.54) is 0 Å². The molecule has 2 aliphatic rings. The van der Waals surface area contributed by atoms with Crippen LogP contribution < -0.4 is 5.32 Å². The Bertz CT molecular complexity index is 723.